The molecular formula is C28H25N3O7. The van der Waals surface area contributed by atoms with Gasteiger partial charge in [0.2, 0.25) is 12.7 Å². The van der Waals surface area contributed by atoms with Crippen LogP contribution in [0.25, 0.3) is 0 Å². The maximum Gasteiger partial charge on any atom is 0.338 e. The lowest BCUT2D eigenvalue weighted by Crippen LogP contribution is -2.46. The maximum absolute atomic E-state index is 13.6. The third-order valence-corrected chi connectivity index (χ3v) is 6.21. The lowest BCUT2D eigenvalue weighted by Gasteiger charge is -2.28. The molecule has 5 rings (SSSR count). The number of fused-ring (bicyclic) bond motifs is 1. The van der Waals surface area contributed by atoms with Gasteiger partial charge >= 0.3 is 12.0 Å². The van der Waals surface area contributed by atoms with Gasteiger partial charge in [0.15, 0.2) is 11.5 Å². The number of para-hydroxylation sites is 1. The number of nitrogens with one attached hydrogen (secondary N) is 1. The Hall–Kier alpha value is -4.86. The predicted octanol–water partition coefficient (Wildman–Crippen LogP) is 3.96. The number of nitrogens with zero attached hydrogens (tertiary/aromatic N) is 2. The Labute approximate surface area is 218 Å². The second-order valence-corrected chi connectivity index (χ2v) is 8.67. The van der Waals surface area contributed by atoms with E-state index in [0.29, 0.717) is 34.0 Å². The molecule has 0 bridgehead atoms. The highest BCUT2D eigenvalue weighted by atomic mass is 16.7. The van der Waals surface area contributed by atoms with E-state index in [1.807, 2.05) is 6.07 Å². The molecule has 0 aliphatic carbocycles. The Morgan fingerprint density at radius 1 is 1.00 bits per heavy atom. The number of urea groups is 1. The zero-order chi connectivity index (χ0) is 26.6. The van der Waals surface area contributed by atoms with Crippen molar-refractivity contribution < 1.29 is 33.4 Å². The minimum atomic E-state index is -1.04. The van der Waals surface area contributed by atoms with Crippen molar-refractivity contribution >= 4 is 35.2 Å². The molecule has 4 amide bonds. The zero-order valence-electron chi connectivity index (χ0n) is 20.6. The quantitative estimate of drug-likeness (QED) is 0.374. The molecule has 3 aromatic rings. The van der Waals surface area contributed by atoms with Gasteiger partial charge in [-0.15, -0.1) is 0 Å². The molecule has 0 unspecified atom stereocenters. The highest BCUT2D eigenvalue weighted by Crippen LogP contribution is 2.34. The van der Waals surface area contributed by atoms with Crippen LogP contribution < -0.4 is 19.7 Å². The largest absolute Gasteiger partial charge is 0.462 e. The number of amides is 4. The molecule has 1 saturated heterocycles. The number of hydrogen-bond acceptors (Lipinski definition) is 7. The van der Waals surface area contributed by atoms with Crippen LogP contribution in [-0.2, 0) is 20.9 Å². The molecule has 1 atom stereocenters. The fourth-order valence-electron chi connectivity index (χ4n) is 4.37. The molecular weight excluding hydrogens is 490 g/mol. The summed E-state index contributed by atoms with van der Waals surface area (Å²) in [6.45, 7) is 2.10. The number of anilines is 2. The monoisotopic (exact) mass is 515 g/mol. The van der Waals surface area contributed by atoms with Gasteiger partial charge < -0.3 is 24.4 Å². The predicted molar refractivity (Wildman–Crippen MR) is 137 cm³/mol. The van der Waals surface area contributed by atoms with Crippen molar-refractivity contribution in [1.29, 1.82) is 0 Å². The van der Waals surface area contributed by atoms with Gasteiger partial charge in [0.25, 0.3) is 5.91 Å². The van der Waals surface area contributed by atoms with Crippen molar-refractivity contribution in [3.8, 4) is 11.5 Å². The average molecular weight is 516 g/mol. The number of rotatable bonds is 7. The van der Waals surface area contributed by atoms with Gasteiger partial charge in [-0.2, -0.15) is 0 Å². The number of hydrogen-bond donors (Lipinski definition) is 1. The third kappa shape index (κ3) is 5.01. The van der Waals surface area contributed by atoms with E-state index in [2.05, 4.69) is 5.32 Å². The molecule has 0 radical (unpaired) electrons. The van der Waals surface area contributed by atoms with Crippen LogP contribution >= 0.6 is 0 Å². The molecule has 10 heteroatoms. The van der Waals surface area contributed by atoms with E-state index < -0.39 is 29.9 Å². The number of carbonyl (C=O) groups excluding carboxylic acids is 4. The van der Waals surface area contributed by atoms with Gasteiger partial charge in [0.05, 0.1) is 24.3 Å². The Bertz CT molecular complexity index is 1370. The van der Waals surface area contributed by atoms with Gasteiger partial charge in [-0.05, 0) is 61.0 Å². The summed E-state index contributed by atoms with van der Waals surface area (Å²) >= 11 is 0. The first kappa shape index (κ1) is 24.8. The highest BCUT2D eigenvalue weighted by molar-refractivity contribution is 6.23. The molecule has 10 nitrogen and oxygen atoms in total. The first-order chi connectivity index (χ1) is 18.4. The molecule has 194 valence electrons. The number of ether oxygens (including phenoxy) is 3. The minimum absolute atomic E-state index is 0.0502. The zero-order valence-corrected chi connectivity index (χ0v) is 20.6. The van der Waals surface area contributed by atoms with Crippen LogP contribution in [0.3, 0.4) is 0 Å². The number of imide groups is 1. The molecule has 1 fully saturated rings. The molecule has 2 aliphatic heterocycles. The summed E-state index contributed by atoms with van der Waals surface area (Å²) in [4.78, 5) is 54.4. The van der Waals surface area contributed by atoms with Crippen LogP contribution in [0.5, 0.6) is 11.5 Å². The van der Waals surface area contributed by atoms with Crippen molar-refractivity contribution in [3.05, 3.63) is 83.9 Å². The van der Waals surface area contributed by atoms with E-state index in [1.165, 1.54) is 29.2 Å². The van der Waals surface area contributed by atoms with Gasteiger partial charge in [-0.1, -0.05) is 24.3 Å². The Balaban J connectivity index is 1.41. The number of benzene rings is 3. The van der Waals surface area contributed by atoms with E-state index in [-0.39, 0.29) is 26.4 Å². The summed E-state index contributed by atoms with van der Waals surface area (Å²) < 4.78 is 15.8. The van der Waals surface area contributed by atoms with Crippen LogP contribution in [0.15, 0.2) is 72.8 Å². The summed E-state index contributed by atoms with van der Waals surface area (Å²) in [7, 11) is 0. The van der Waals surface area contributed by atoms with Crippen LogP contribution in [-0.4, -0.2) is 48.2 Å². The summed E-state index contributed by atoms with van der Waals surface area (Å²) in [6.07, 6.45) is -0.189. The number of carbonyl (C=O) groups is 4. The van der Waals surface area contributed by atoms with E-state index in [1.54, 1.807) is 49.4 Å². The molecule has 1 N–H and O–H groups in total. The summed E-state index contributed by atoms with van der Waals surface area (Å²) in [5.74, 6) is -0.347. The lowest BCUT2D eigenvalue weighted by atomic mass is 10.1. The fourth-order valence-corrected chi connectivity index (χ4v) is 4.37. The van der Waals surface area contributed by atoms with Crippen molar-refractivity contribution in [3.63, 3.8) is 0 Å². The first-order valence-corrected chi connectivity index (χ1v) is 12.1. The van der Waals surface area contributed by atoms with Crippen LogP contribution in [0.4, 0.5) is 16.2 Å². The van der Waals surface area contributed by atoms with Gasteiger partial charge in [-0.25, -0.2) is 14.5 Å². The van der Waals surface area contributed by atoms with E-state index in [4.69, 9.17) is 14.2 Å². The SMILES string of the molecule is CCOC(=O)c1ccc(N2C(=O)C[C@H](N(Cc3ccc4c(c3)OCO4)C(=O)Nc3ccccc3)C2=O)cc1. The Kier molecular flexibility index (Phi) is 6.94. The van der Waals surface area contributed by atoms with E-state index in [9.17, 15) is 19.2 Å². The number of esters is 1. The van der Waals surface area contributed by atoms with Crippen LogP contribution in [0, 0.1) is 0 Å². The summed E-state index contributed by atoms with van der Waals surface area (Å²) in [5, 5.41) is 2.81. The van der Waals surface area contributed by atoms with Crippen molar-refractivity contribution in [2.45, 2.75) is 25.9 Å². The van der Waals surface area contributed by atoms with Crippen molar-refractivity contribution in [2.75, 3.05) is 23.6 Å². The summed E-state index contributed by atoms with van der Waals surface area (Å²) in [6, 6.07) is 18.6. The van der Waals surface area contributed by atoms with Crippen LogP contribution in [0.2, 0.25) is 0 Å². The van der Waals surface area contributed by atoms with Crippen molar-refractivity contribution in [1.82, 2.24) is 4.90 Å². The highest BCUT2D eigenvalue weighted by Gasteiger charge is 2.44. The molecule has 2 heterocycles. The smallest absolute Gasteiger partial charge is 0.338 e. The second-order valence-electron chi connectivity index (χ2n) is 8.67. The standard InChI is InChI=1S/C28H25N3O7/c1-2-36-27(34)19-9-11-21(12-10-19)31-25(32)15-22(26(31)33)30(28(35)29-20-6-4-3-5-7-20)16-18-8-13-23-24(14-18)38-17-37-23/h3-14,22H,2,15-17H2,1H3,(H,29,35)/t22-/m0/s1. The molecule has 2 aliphatic rings. The van der Waals surface area contributed by atoms with Gasteiger partial charge in [-0.3, -0.25) is 9.59 Å². The second kappa shape index (κ2) is 10.6. The Morgan fingerprint density at radius 3 is 2.47 bits per heavy atom. The topological polar surface area (TPSA) is 114 Å². The summed E-state index contributed by atoms with van der Waals surface area (Å²) in [5.41, 5.74) is 1.87. The third-order valence-electron chi connectivity index (χ3n) is 6.21. The van der Waals surface area contributed by atoms with Gasteiger partial charge in [0, 0.05) is 12.2 Å². The van der Waals surface area contributed by atoms with Crippen LogP contribution in [0.1, 0.15) is 29.3 Å². The Morgan fingerprint density at radius 2 is 1.74 bits per heavy atom. The van der Waals surface area contributed by atoms with E-state index in [0.717, 1.165) is 4.90 Å². The van der Waals surface area contributed by atoms with Crippen molar-refractivity contribution in [2.24, 2.45) is 0 Å². The first-order valence-electron chi connectivity index (χ1n) is 12.1. The molecule has 3 aromatic carbocycles. The fraction of sp³-hybridized carbons (Fsp3) is 0.214. The van der Waals surface area contributed by atoms with E-state index >= 15 is 0 Å². The molecule has 0 spiro atoms. The molecule has 38 heavy (non-hydrogen) atoms. The molecule has 0 aromatic heterocycles. The lowest BCUT2D eigenvalue weighted by molar-refractivity contribution is -0.122. The minimum Gasteiger partial charge on any atom is -0.462 e. The molecule has 0 saturated carbocycles. The maximum atomic E-state index is 13.6. The van der Waals surface area contributed by atoms with Gasteiger partial charge in [0.1, 0.15) is 6.04 Å². The normalized spacial score (nSPS) is 15.9. The average Bonchev–Trinajstić information content (AvgIpc) is 3.51.